The third-order valence-corrected chi connectivity index (χ3v) is 3.04. The Labute approximate surface area is 111 Å². The number of rotatable bonds is 9. The maximum Gasteiger partial charge on any atom is 0.0640 e. The number of aromatic nitrogens is 2. The minimum atomic E-state index is 0.435. The first-order chi connectivity index (χ1) is 8.67. The van der Waals surface area contributed by atoms with E-state index in [0.29, 0.717) is 12.1 Å². The van der Waals surface area contributed by atoms with Crippen molar-refractivity contribution in [2.24, 2.45) is 0 Å². The summed E-state index contributed by atoms with van der Waals surface area (Å²) in [4.78, 5) is 0. The number of likely N-dealkylation sites (N-methyl/N-ethyl adjacent to an activating group) is 1. The zero-order chi connectivity index (χ0) is 13.4. The third-order valence-electron chi connectivity index (χ3n) is 3.04. The van der Waals surface area contributed by atoms with Crippen LogP contribution in [-0.2, 0) is 11.2 Å². The fraction of sp³-hybridized carbons (Fsp3) is 0.786. The van der Waals surface area contributed by atoms with Gasteiger partial charge in [-0.1, -0.05) is 6.92 Å². The molecule has 0 bridgehead atoms. The van der Waals surface area contributed by atoms with E-state index >= 15 is 0 Å². The van der Waals surface area contributed by atoms with Crippen molar-refractivity contribution in [2.45, 2.75) is 52.1 Å². The molecule has 0 aromatic carbocycles. The van der Waals surface area contributed by atoms with Crippen molar-refractivity contribution >= 4 is 0 Å². The zero-order valence-corrected chi connectivity index (χ0v) is 12.1. The van der Waals surface area contributed by atoms with Crippen LogP contribution in [0.25, 0.3) is 0 Å². The lowest BCUT2D eigenvalue weighted by Gasteiger charge is -2.16. The van der Waals surface area contributed by atoms with E-state index in [9.17, 15) is 0 Å². The molecule has 0 aliphatic heterocycles. The van der Waals surface area contributed by atoms with Gasteiger partial charge in [0.25, 0.3) is 0 Å². The molecule has 0 aliphatic carbocycles. The van der Waals surface area contributed by atoms with Crippen LogP contribution in [0.5, 0.6) is 0 Å². The van der Waals surface area contributed by atoms with Crippen LogP contribution in [0.15, 0.2) is 12.3 Å². The molecule has 0 fully saturated rings. The Balaban J connectivity index is 2.47. The topological polar surface area (TPSA) is 39.1 Å². The summed E-state index contributed by atoms with van der Waals surface area (Å²) in [5.74, 6) is 0. The molecule has 0 amide bonds. The summed E-state index contributed by atoms with van der Waals surface area (Å²) in [5.41, 5.74) is 1.17. The van der Waals surface area contributed by atoms with E-state index in [1.54, 1.807) is 7.11 Å². The summed E-state index contributed by atoms with van der Waals surface area (Å²) < 4.78 is 7.13. The number of nitrogens with one attached hydrogen (secondary N) is 1. The first kappa shape index (κ1) is 15.2. The van der Waals surface area contributed by atoms with Crippen LogP contribution in [0, 0.1) is 0 Å². The van der Waals surface area contributed by atoms with Gasteiger partial charge in [0, 0.05) is 38.4 Å². The van der Waals surface area contributed by atoms with E-state index in [1.165, 1.54) is 5.69 Å². The molecule has 1 unspecified atom stereocenters. The van der Waals surface area contributed by atoms with Crippen molar-refractivity contribution in [3.05, 3.63) is 18.0 Å². The van der Waals surface area contributed by atoms with Crippen molar-refractivity contribution in [3.8, 4) is 0 Å². The largest absolute Gasteiger partial charge is 0.385 e. The van der Waals surface area contributed by atoms with Gasteiger partial charge in [-0.15, -0.1) is 0 Å². The lowest BCUT2D eigenvalue weighted by atomic mass is 10.1. The average molecular weight is 253 g/mol. The van der Waals surface area contributed by atoms with Gasteiger partial charge in [0.1, 0.15) is 0 Å². The Morgan fingerprint density at radius 3 is 2.78 bits per heavy atom. The Morgan fingerprint density at radius 1 is 1.44 bits per heavy atom. The molecule has 4 heteroatoms. The van der Waals surface area contributed by atoms with Gasteiger partial charge in [-0.05, 0) is 39.3 Å². The summed E-state index contributed by atoms with van der Waals surface area (Å²) >= 11 is 0. The molecule has 4 nitrogen and oxygen atoms in total. The number of ether oxygens (including phenoxy) is 1. The second-order valence-electron chi connectivity index (χ2n) is 4.97. The molecule has 0 saturated heterocycles. The van der Waals surface area contributed by atoms with Crippen molar-refractivity contribution in [1.29, 1.82) is 0 Å². The van der Waals surface area contributed by atoms with E-state index in [2.05, 4.69) is 43.4 Å². The monoisotopic (exact) mass is 253 g/mol. The maximum atomic E-state index is 5.11. The smallest absolute Gasteiger partial charge is 0.0640 e. The molecule has 0 radical (unpaired) electrons. The van der Waals surface area contributed by atoms with Crippen molar-refractivity contribution in [3.63, 3.8) is 0 Å². The molecular formula is C14H27N3O. The van der Waals surface area contributed by atoms with Gasteiger partial charge in [0.2, 0.25) is 0 Å². The molecule has 1 aromatic rings. The van der Waals surface area contributed by atoms with Gasteiger partial charge in [0.05, 0.1) is 5.69 Å². The number of hydrogen-bond donors (Lipinski definition) is 1. The van der Waals surface area contributed by atoms with Crippen LogP contribution >= 0.6 is 0 Å². The van der Waals surface area contributed by atoms with Gasteiger partial charge >= 0.3 is 0 Å². The standard InChI is InChI=1S/C14H27N3O/c1-5-15-13(7-6-10-18-4)11-14-8-9-17(16-14)12(2)3/h8-9,12-13,15H,5-7,10-11H2,1-4H3. The number of nitrogens with zero attached hydrogens (tertiary/aromatic N) is 2. The minimum absolute atomic E-state index is 0.435. The number of hydrogen-bond acceptors (Lipinski definition) is 3. The second-order valence-corrected chi connectivity index (χ2v) is 4.97. The van der Waals surface area contributed by atoms with Crippen LogP contribution in [0.4, 0.5) is 0 Å². The average Bonchev–Trinajstić information content (AvgIpc) is 2.78. The summed E-state index contributed by atoms with van der Waals surface area (Å²) in [6.45, 7) is 8.29. The molecule has 1 atom stereocenters. The van der Waals surface area contributed by atoms with Crippen molar-refractivity contribution in [1.82, 2.24) is 15.1 Å². The predicted octanol–water partition coefficient (Wildman–Crippen LogP) is 2.41. The van der Waals surface area contributed by atoms with Gasteiger partial charge in [-0.2, -0.15) is 5.10 Å². The Bertz CT molecular complexity index is 323. The summed E-state index contributed by atoms with van der Waals surface area (Å²) in [6.07, 6.45) is 5.30. The highest BCUT2D eigenvalue weighted by Gasteiger charge is 2.10. The Hall–Kier alpha value is -0.870. The summed E-state index contributed by atoms with van der Waals surface area (Å²) in [7, 11) is 1.76. The Kier molecular flexibility index (Phi) is 6.98. The molecule has 1 aromatic heterocycles. The van der Waals surface area contributed by atoms with Gasteiger partial charge < -0.3 is 10.1 Å². The summed E-state index contributed by atoms with van der Waals surface area (Å²) in [6, 6.07) is 3.06. The van der Waals surface area contributed by atoms with Crippen LogP contribution in [0.3, 0.4) is 0 Å². The molecule has 1 rings (SSSR count). The SMILES string of the molecule is CCNC(CCCOC)Cc1ccn(C(C)C)n1. The van der Waals surface area contributed by atoms with E-state index in [4.69, 9.17) is 4.74 Å². The minimum Gasteiger partial charge on any atom is -0.385 e. The summed E-state index contributed by atoms with van der Waals surface area (Å²) in [5, 5.41) is 8.13. The highest BCUT2D eigenvalue weighted by molar-refractivity contribution is 5.02. The Morgan fingerprint density at radius 2 is 2.22 bits per heavy atom. The predicted molar refractivity (Wildman–Crippen MR) is 74.9 cm³/mol. The quantitative estimate of drug-likeness (QED) is 0.687. The lowest BCUT2D eigenvalue weighted by molar-refractivity contribution is 0.188. The molecule has 0 aliphatic rings. The van der Waals surface area contributed by atoms with Crippen LogP contribution in [-0.4, -0.2) is 36.1 Å². The van der Waals surface area contributed by atoms with Crippen LogP contribution in [0.1, 0.15) is 45.3 Å². The van der Waals surface area contributed by atoms with Crippen LogP contribution < -0.4 is 5.32 Å². The normalized spacial score (nSPS) is 13.2. The molecule has 104 valence electrons. The molecule has 0 saturated carbocycles. The third kappa shape index (κ3) is 5.19. The maximum absolute atomic E-state index is 5.11. The molecule has 1 N–H and O–H groups in total. The van der Waals surface area contributed by atoms with Crippen LogP contribution in [0.2, 0.25) is 0 Å². The highest BCUT2D eigenvalue weighted by atomic mass is 16.5. The fourth-order valence-electron chi connectivity index (χ4n) is 2.07. The lowest BCUT2D eigenvalue weighted by Crippen LogP contribution is -2.31. The molecule has 18 heavy (non-hydrogen) atoms. The molecular weight excluding hydrogens is 226 g/mol. The highest BCUT2D eigenvalue weighted by Crippen LogP contribution is 2.09. The molecule has 0 spiro atoms. The van der Waals surface area contributed by atoms with E-state index in [0.717, 1.165) is 32.4 Å². The molecule has 1 heterocycles. The van der Waals surface area contributed by atoms with Gasteiger partial charge in [-0.3, -0.25) is 4.68 Å². The van der Waals surface area contributed by atoms with Gasteiger partial charge in [-0.25, -0.2) is 0 Å². The van der Waals surface area contributed by atoms with Crippen molar-refractivity contribution in [2.75, 3.05) is 20.3 Å². The van der Waals surface area contributed by atoms with E-state index < -0.39 is 0 Å². The van der Waals surface area contributed by atoms with E-state index in [-0.39, 0.29) is 0 Å². The first-order valence-electron chi connectivity index (χ1n) is 6.93. The first-order valence-corrected chi connectivity index (χ1v) is 6.93. The van der Waals surface area contributed by atoms with Crippen molar-refractivity contribution < 1.29 is 4.74 Å². The van der Waals surface area contributed by atoms with E-state index in [1.807, 2.05) is 4.68 Å². The number of methoxy groups -OCH3 is 1. The fourth-order valence-corrected chi connectivity index (χ4v) is 2.07. The zero-order valence-electron chi connectivity index (χ0n) is 12.1. The second kappa shape index (κ2) is 8.27. The van der Waals surface area contributed by atoms with Gasteiger partial charge in [0.15, 0.2) is 0 Å².